The summed E-state index contributed by atoms with van der Waals surface area (Å²) in [5.41, 5.74) is 1.87. The fourth-order valence-corrected chi connectivity index (χ4v) is 2.94. The Morgan fingerprint density at radius 3 is 2.74 bits per heavy atom. The lowest BCUT2D eigenvalue weighted by Crippen LogP contribution is -2.05. The van der Waals surface area contributed by atoms with Gasteiger partial charge in [0, 0.05) is 5.56 Å². The number of ether oxygens (including phenoxy) is 2. The van der Waals surface area contributed by atoms with E-state index >= 15 is 0 Å². The summed E-state index contributed by atoms with van der Waals surface area (Å²) in [5.74, 6) is 0.561. The van der Waals surface area contributed by atoms with Gasteiger partial charge in [0.15, 0.2) is 5.70 Å². The van der Waals surface area contributed by atoms with Crippen LogP contribution in [0.5, 0.6) is 5.75 Å². The summed E-state index contributed by atoms with van der Waals surface area (Å²) in [6.45, 7) is 4.06. The number of rotatable bonds is 5. The van der Waals surface area contributed by atoms with Gasteiger partial charge in [-0.25, -0.2) is 9.79 Å². The molecule has 0 saturated carbocycles. The number of fused-ring (bicyclic) bond motifs is 1. The highest BCUT2D eigenvalue weighted by molar-refractivity contribution is 6.17. The number of hydrogen-bond acceptors (Lipinski definition) is 4. The highest BCUT2D eigenvalue weighted by atomic mass is 16.6. The number of aliphatic imine (C=N–C) groups is 1. The maximum atomic E-state index is 12.3. The molecule has 0 amide bonds. The molecule has 0 N–H and O–H groups in total. The van der Waals surface area contributed by atoms with Gasteiger partial charge in [-0.15, -0.1) is 0 Å². The maximum Gasteiger partial charge on any atom is 0.363 e. The lowest BCUT2D eigenvalue weighted by atomic mass is 10.0. The minimum atomic E-state index is -0.463. The standard InChI is InChI=1S/C23H17NO3/c1-2-13-26-18-10-5-7-16(14-18)15-21-23(25)27-22(24-21)20-12-6-9-17-8-3-4-11-19(17)20/h2-12,14-15H,1,13H2/b21-15-. The van der Waals surface area contributed by atoms with Gasteiger partial charge >= 0.3 is 5.97 Å². The van der Waals surface area contributed by atoms with E-state index in [1.807, 2.05) is 66.7 Å². The van der Waals surface area contributed by atoms with Crippen molar-refractivity contribution in [3.63, 3.8) is 0 Å². The molecule has 1 aliphatic heterocycles. The van der Waals surface area contributed by atoms with E-state index in [1.165, 1.54) is 0 Å². The normalized spacial score (nSPS) is 14.9. The molecular weight excluding hydrogens is 338 g/mol. The van der Waals surface area contributed by atoms with E-state index in [2.05, 4.69) is 11.6 Å². The third-order valence-corrected chi connectivity index (χ3v) is 4.17. The number of nitrogens with zero attached hydrogens (tertiary/aromatic N) is 1. The van der Waals surface area contributed by atoms with Crippen LogP contribution in [0.1, 0.15) is 11.1 Å². The van der Waals surface area contributed by atoms with Gasteiger partial charge in [-0.1, -0.05) is 61.2 Å². The van der Waals surface area contributed by atoms with Crippen molar-refractivity contribution < 1.29 is 14.3 Å². The van der Waals surface area contributed by atoms with Crippen molar-refractivity contribution in [3.05, 3.63) is 96.2 Å². The largest absolute Gasteiger partial charge is 0.490 e. The van der Waals surface area contributed by atoms with E-state index < -0.39 is 5.97 Å². The highest BCUT2D eigenvalue weighted by Gasteiger charge is 2.25. The molecule has 0 bridgehead atoms. The minimum absolute atomic E-state index is 0.263. The Balaban J connectivity index is 1.69. The first-order chi connectivity index (χ1) is 13.2. The van der Waals surface area contributed by atoms with Crippen LogP contribution in [0, 0.1) is 0 Å². The predicted molar refractivity (Wildman–Crippen MR) is 107 cm³/mol. The summed E-state index contributed by atoms with van der Waals surface area (Å²) in [7, 11) is 0. The molecular formula is C23H17NO3. The molecule has 27 heavy (non-hydrogen) atoms. The lowest BCUT2D eigenvalue weighted by Gasteiger charge is -2.04. The molecule has 1 aliphatic rings. The van der Waals surface area contributed by atoms with Crippen molar-refractivity contribution in [2.24, 2.45) is 4.99 Å². The number of hydrogen-bond donors (Lipinski definition) is 0. The van der Waals surface area contributed by atoms with Crippen LogP contribution >= 0.6 is 0 Å². The quantitative estimate of drug-likeness (QED) is 0.377. The monoisotopic (exact) mass is 355 g/mol. The van der Waals surface area contributed by atoms with Crippen molar-refractivity contribution in [3.8, 4) is 5.75 Å². The van der Waals surface area contributed by atoms with Crippen LogP contribution in [0.3, 0.4) is 0 Å². The lowest BCUT2D eigenvalue weighted by molar-refractivity contribution is -0.129. The van der Waals surface area contributed by atoms with Crippen LogP contribution in [0.4, 0.5) is 0 Å². The second-order valence-electron chi connectivity index (χ2n) is 6.03. The number of esters is 1. The van der Waals surface area contributed by atoms with Crippen LogP contribution in [0.2, 0.25) is 0 Å². The van der Waals surface area contributed by atoms with E-state index in [-0.39, 0.29) is 5.70 Å². The van der Waals surface area contributed by atoms with Crippen molar-refractivity contribution in [1.29, 1.82) is 0 Å². The predicted octanol–water partition coefficient (Wildman–Crippen LogP) is 4.75. The Morgan fingerprint density at radius 1 is 1.04 bits per heavy atom. The number of carbonyl (C=O) groups is 1. The van der Waals surface area contributed by atoms with Gasteiger partial charge in [0.05, 0.1) is 0 Å². The Bertz CT molecular complexity index is 1090. The first-order valence-electron chi connectivity index (χ1n) is 8.59. The minimum Gasteiger partial charge on any atom is -0.490 e. The van der Waals surface area contributed by atoms with Gasteiger partial charge in [0.25, 0.3) is 0 Å². The molecule has 3 aromatic carbocycles. The molecule has 0 aromatic heterocycles. The van der Waals surface area contributed by atoms with Gasteiger partial charge in [-0.3, -0.25) is 0 Å². The molecule has 3 aromatic rings. The summed E-state index contributed by atoms with van der Waals surface area (Å²) in [6.07, 6.45) is 3.38. The van der Waals surface area contributed by atoms with E-state index in [9.17, 15) is 4.79 Å². The molecule has 0 radical (unpaired) electrons. The van der Waals surface area contributed by atoms with Crippen LogP contribution in [0.15, 0.2) is 90.1 Å². The summed E-state index contributed by atoms with van der Waals surface area (Å²) < 4.78 is 11.0. The van der Waals surface area contributed by atoms with Crippen molar-refractivity contribution in [1.82, 2.24) is 0 Å². The highest BCUT2D eigenvalue weighted by Crippen LogP contribution is 2.25. The second-order valence-corrected chi connectivity index (χ2v) is 6.03. The fraction of sp³-hybridized carbons (Fsp3) is 0.0435. The molecule has 132 valence electrons. The summed E-state index contributed by atoms with van der Waals surface area (Å²) in [6, 6.07) is 21.2. The Morgan fingerprint density at radius 2 is 1.85 bits per heavy atom. The van der Waals surface area contributed by atoms with E-state index in [0.717, 1.165) is 21.9 Å². The smallest absolute Gasteiger partial charge is 0.363 e. The SMILES string of the molecule is C=CCOc1cccc(/C=C2\N=C(c3cccc4ccccc34)OC2=O)c1. The van der Waals surface area contributed by atoms with Crippen LogP contribution in [-0.2, 0) is 9.53 Å². The average molecular weight is 355 g/mol. The molecule has 0 aliphatic carbocycles. The number of carbonyl (C=O) groups excluding carboxylic acids is 1. The molecule has 4 nitrogen and oxygen atoms in total. The second kappa shape index (κ2) is 7.30. The van der Waals surface area contributed by atoms with Crippen LogP contribution in [-0.4, -0.2) is 18.5 Å². The topological polar surface area (TPSA) is 47.9 Å². The zero-order chi connectivity index (χ0) is 18.6. The molecule has 0 atom stereocenters. The van der Waals surface area contributed by atoms with Crippen molar-refractivity contribution >= 4 is 28.7 Å². The Labute approximate surface area is 157 Å². The molecule has 0 fully saturated rings. The fourth-order valence-electron chi connectivity index (χ4n) is 2.94. The van der Waals surface area contributed by atoms with E-state index in [0.29, 0.717) is 18.3 Å². The zero-order valence-electron chi connectivity index (χ0n) is 14.6. The summed E-state index contributed by atoms with van der Waals surface area (Å²) in [4.78, 5) is 16.7. The Kier molecular flexibility index (Phi) is 4.54. The van der Waals surface area contributed by atoms with E-state index in [4.69, 9.17) is 9.47 Å². The molecule has 0 unspecified atom stereocenters. The number of benzene rings is 3. The molecule has 4 rings (SSSR count). The van der Waals surface area contributed by atoms with Crippen LogP contribution < -0.4 is 4.74 Å². The van der Waals surface area contributed by atoms with Gasteiger partial charge < -0.3 is 9.47 Å². The van der Waals surface area contributed by atoms with Gasteiger partial charge in [-0.05, 0) is 40.6 Å². The van der Waals surface area contributed by atoms with E-state index in [1.54, 1.807) is 12.2 Å². The Hall–Kier alpha value is -3.66. The average Bonchev–Trinajstić information content (AvgIpc) is 3.06. The van der Waals surface area contributed by atoms with Crippen molar-refractivity contribution in [2.45, 2.75) is 0 Å². The molecule has 4 heteroatoms. The molecule has 0 saturated heterocycles. The first-order valence-corrected chi connectivity index (χ1v) is 8.59. The summed E-state index contributed by atoms with van der Waals surface area (Å²) in [5, 5.41) is 2.06. The molecule has 0 spiro atoms. The summed E-state index contributed by atoms with van der Waals surface area (Å²) >= 11 is 0. The van der Waals surface area contributed by atoms with Crippen LogP contribution in [0.25, 0.3) is 16.8 Å². The number of cyclic esters (lactones) is 1. The maximum absolute atomic E-state index is 12.3. The first kappa shape index (κ1) is 16.8. The van der Waals surface area contributed by atoms with Gasteiger partial charge in [-0.2, -0.15) is 0 Å². The third kappa shape index (κ3) is 3.51. The van der Waals surface area contributed by atoms with Gasteiger partial charge in [0.1, 0.15) is 12.4 Å². The van der Waals surface area contributed by atoms with Gasteiger partial charge in [0.2, 0.25) is 5.90 Å². The van der Waals surface area contributed by atoms with Crippen molar-refractivity contribution in [2.75, 3.05) is 6.61 Å². The molecule has 1 heterocycles. The zero-order valence-corrected chi connectivity index (χ0v) is 14.6. The third-order valence-electron chi connectivity index (χ3n) is 4.17.